The predicted molar refractivity (Wildman–Crippen MR) is 246 cm³/mol. The molecular weight excluding hydrogens is 805 g/mol. The fourth-order valence-corrected chi connectivity index (χ4v) is 8.88. The molecule has 8 rings (SSSR count). The van der Waals surface area contributed by atoms with Crippen LogP contribution in [0.15, 0.2) is 158 Å². The quantitative estimate of drug-likeness (QED) is 0.0557. The van der Waals surface area contributed by atoms with Gasteiger partial charge in [0.25, 0.3) is 0 Å². The van der Waals surface area contributed by atoms with E-state index in [9.17, 15) is 24.3 Å². The second-order valence-electron chi connectivity index (χ2n) is 16.2. The highest BCUT2D eigenvalue weighted by atomic mass is 16.6. The van der Waals surface area contributed by atoms with E-state index in [0.717, 1.165) is 55.6 Å². The van der Waals surface area contributed by atoms with E-state index in [2.05, 4.69) is 45.5 Å². The van der Waals surface area contributed by atoms with Crippen LogP contribution in [-0.4, -0.2) is 73.6 Å². The van der Waals surface area contributed by atoms with Crippen molar-refractivity contribution in [2.75, 3.05) is 26.4 Å². The third kappa shape index (κ3) is 10.3. The fourth-order valence-electron chi connectivity index (χ4n) is 8.88. The molecule has 0 spiro atoms. The molecule has 2 aliphatic carbocycles. The summed E-state index contributed by atoms with van der Waals surface area (Å²) in [5, 5.41) is 21.7. The van der Waals surface area contributed by atoms with Gasteiger partial charge < -0.3 is 35.8 Å². The number of alkyl carbamates (subject to hydrolysis) is 2. The Morgan fingerprint density at radius 2 is 0.859 bits per heavy atom. The second-order valence-corrected chi connectivity index (χ2v) is 16.2. The zero-order chi connectivity index (χ0) is 44.3. The van der Waals surface area contributed by atoms with Gasteiger partial charge in [0.15, 0.2) is 0 Å². The van der Waals surface area contributed by atoms with E-state index in [1.165, 1.54) is 0 Å². The highest BCUT2D eigenvalue weighted by Gasteiger charge is 2.32. The Morgan fingerprint density at radius 1 is 0.484 bits per heavy atom. The maximum atomic E-state index is 13.8. The maximum absolute atomic E-state index is 13.8. The summed E-state index contributed by atoms with van der Waals surface area (Å²) in [4.78, 5) is 54.1. The van der Waals surface area contributed by atoms with E-state index < -0.39 is 42.1 Å². The Bertz CT molecular complexity index is 2480. The van der Waals surface area contributed by atoms with Crippen LogP contribution in [0.25, 0.3) is 22.3 Å². The molecule has 0 saturated carbocycles. The average molecular weight is 857 g/mol. The number of fused-ring (bicyclic) bond motifs is 6. The van der Waals surface area contributed by atoms with Crippen molar-refractivity contribution < 1.29 is 33.8 Å². The van der Waals surface area contributed by atoms with Gasteiger partial charge in [-0.15, -0.1) is 0 Å². The highest BCUT2D eigenvalue weighted by molar-refractivity contribution is 5.87. The summed E-state index contributed by atoms with van der Waals surface area (Å²) in [6.07, 6.45) is -0.246. The van der Waals surface area contributed by atoms with Gasteiger partial charge in [0, 0.05) is 31.2 Å². The first-order valence-electron chi connectivity index (χ1n) is 21.9. The lowest BCUT2D eigenvalue weighted by atomic mass is 9.98. The molecule has 326 valence electrons. The Labute approximate surface area is 373 Å². The second kappa shape index (κ2) is 20.8. The lowest BCUT2D eigenvalue weighted by Gasteiger charge is -2.23. The number of amides is 4. The molecule has 0 bridgehead atoms. The number of carbonyl (C=O) groups excluding carboxylic acids is 4. The zero-order valence-corrected chi connectivity index (χ0v) is 35.5. The summed E-state index contributed by atoms with van der Waals surface area (Å²) in [6.45, 7) is 0.0656. The first-order chi connectivity index (χ1) is 31.4. The Hall–Kier alpha value is -7.24. The Morgan fingerprint density at radius 3 is 1.27 bits per heavy atom. The monoisotopic (exact) mass is 856 g/mol. The number of ether oxygens (including phenoxy) is 2. The van der Waals surface area contributed by atoms with Crippen molar-refractivity contribution in [3.05, 3.63) is 191 Å². The minimum absolute atomic E-state index is 0.0952. The number of nitrogens with one attached hydrogen (secondary N) is 4. The molecule has 4 amide bonds. The molecule has 5 N–H and O–H groups in total. The normalized spacial score (nSPS) is 13.8. The topological polar surface area (TPSA) is 155 Å². The molecule has 6 aromatic carbocycles. The van der Waals surface area contributed by atoms with Crippen molar-refractivity contribution in [3.8, 4) is 22.3 Å². The van der Waals surface area contributed by atoms with E-state index >= 15 is 0 Å². The summed E-state index contributed by atoms with van der Waals surface area (Å²) in [6, 6.07) is 48.5. The lowest BCUT2D eigenvalue weighted by Crippen LogP contribution is -2.52. The molecule has 6 aromatic rings. The molecular formula is C53H52N4O7. The molecule has 0 saturated heterocycles. The van der Waals surface area contributed by atoms with Crippen LogP contribution in [0.3, 0.4) is 0 Å². The molecule has 0 heterocycles. The van der Waals surface area contributed by atoms with Crippen LogP contribution in [0.1, 0.15) is 58.1 Å². The molecule has 0 aliphatic heterocycles. The molecule has 3 atom stereocenters. The number of benzene rings is 6. The fraction of sp³-hybridized carbons (Fsp3) is 0.245. The number of rotatable bonds is 18. The summed E-state index contributed by atoms with van der Waals surface area (Å²) in [5.41, 5.74) is 10.5. The lowest BCUT2D eigenvalue weighted by molar-refractivity contribution is -0.124. The summed E-state index contributed by atoms with van der Waals surface area (Å²) >= 11 is 0. The predicted octanol–water partition coefficient (Wildman–Crippen LogP) is 7.66. The van der Waals surface area contributed by atoms with E-state index in [0.29, 0.717) is 12.8 Å². The minimum atomic E-state index is -0.991. The number of hydrogen-bond acceptors (Lipinski definition) is 7. The van der Waals surface area contributed by atoms with Gasteiger partial charge in [0.05, 0.1) is 12.6 Å². The van der Waals surface area contributed by atoms with Crippen LogP contribution in [0.2, 0.25) is 0 Å². The van der Waals surface area contributed by atoms with E-state index in [1.54, 1.807) is 0 Å². The standard InChI is InChI=1S/C53H52N4O7/c58-32-37(55-51(60)49(31-36-18-5-2-6-19-36)57-53(62)64-34-47-44-27-13-9-23-40(44)41-24-10-14-28-45(41)47)20-15-29-54-50(59)48(30-35-16-3-1-4-17-35)56-52(61)63-33-46-42-25-11-7-21-38(42)39-22-8-12-26-43(39)46/h1-14,16-19,21-28,37,46-49,58H,15,20,29-34H2,(H,54,59)(H,55,60)(H,56,61)(H,57,62)/t37-,48+,49-/m0/s1. The molecule has 64 heavy (non-hydrogen) atoms. The smallest absolute Gasteiger partial charge is 0.407 e. The Balaban J connectivity index is 0.843. The van der Waals surface area contributed by atoms with Gasteiger partial charge in [-0.05, 0) is 68.5 Å². The Kier molecular flexibility index (Phi) is 14.1. The first-order valence-corrected chi connectivity index (χ1v) is 21.9. The van der Waals surface area contributed by atoms with E-state index in [1.807, 2.05) is 133 Å². The molecule has 0 fully saturated rings. The third-order valence-electron chi connectivity index (χ3n) is 12.1. The minimum Gasteiger partial charge on any atom is -0.449 e. The molecule has 11 nitrogen and oxygen atoms in total. The van der Waals surface area contributed by atoms with Crippen molar-refractivity contribution in [2.45, 2.75) is 55.6 Å². The summed E-state index contributed by atoms with van der Waals surface area (Å²) in [5.74, 6) is -1.14. The summed E-state index contributed by atoms with van der Waals surface area (Å²) in [7, 11) is 0. The van der Waals surface area contributed by atoms with Crippen LogP contribution in [0.4, 0.5) is 9.59 Å². The number of aliphatic hydroxyl groups excluding tert-OH is 1. The van der Waals surface area contributed by atoms with Crippen LogP contribution in [0, 0.1) is 0 Å². The van der Waals surface area contributed by atoms with Gasteiger partial charge >= 0.3 is 12.2 Å². The number of hydrogen-bond donors (Lipinski definition) is 5. The van der Waals surface area contributed by atoms with Gasteiger partial charge in [-0.2, -0.15) is 0 Å². The van der Waals surface area contributed by atoms with Crippen LogP contribution in [-0.2, 0) is 31.9 Å². The van der Waals surface area contributed by atoms with Gasteiger partial charge in [0.1, 0.15) is 25.3 Å². The molecule has 0 radical (unpaired) electrons. The van der Waals surface area contributed by atoms with Crippen LogP contribution < -0.4 is 21.3 Å². The number of carbonyl (C=O) groups is 4. The van der Waals surface area contributed by atoms with Crippen molar-refractivity contribution in [1.29, 1.82) is 0 Å². The largest absolute Gasteiger partial charge is 0.449 e. The molecule has 2 aliphatic rings. The van der Waals surface area contributed by atoms with Gasteiger partial charge in [-0.25, -0.2) is 9.59 Å². The zero-order valence-electron chi connectivity index (χ0n) is 35.5. The van der Waals surface area contributed by atoms with Gasteiger partial charge in [-0.3, -0.25) is 9.59 Å². The number of aliphatic hydroxyl groups is 1. The summed E-state index contributed by atoms with van der Waals surface area (Å²) < 4.78 is 11.6. The van der Waals surface area contributed by atoms with Crippen LogP contribution in [0.5, 0.6) is 0 Å². The SMILES string of the molecule is O=C(N[C@@H](Cc1ccccc1)C(=O)N[C@H](CO)CCCNC(=O)[C@@H](Cc1ccccc1)NC(=O)OCC1c2ccccc2-c2ccccc21)OCC1c2ccccc2-c2ccccc21. The average Bonchev–Trinajstić information content (AvgIpc) is 3.83. The third-order valence-corrected chi connectivity index (χ3v) is 12.1. The van der Waals surface area contributed by atoms with Gasteiger partial charge in [0.2, 0.25) is 11.8 Å². The van der Waals surface area contributed by atoms with Gasteiger partial charge in [-0.1, -0.05) is 158 Å². The van der Waals surface area contributed by atoms with E-state index in [-0.39, 0.29) is 51.0 Å². The molecule has 11 heteroatoms. The first kappa shape index (κ1) is 43.4. The maximum Gasteiger partial charge on any atom is 0.407 e. The molecule has 0 aromatic heterocycles. The van der Waals surface area contributed by atoms with Crippen molar-refractivity contribution in [1.82, 2.24) is 21.3 Å². The molecule has 0 unspecified atom stereocenters. The highest BCUT2D eigenvalue weighted by Crippen LogP contribution is 2.45. The van der Waals surface area contributed by atoms with Crippen molar-refractivity contribution in [3.63, 3.8) is 0 Å². The van der Waals surface area contributed by atoms with E-state index in [4.69, 9.17) is 9.47 Å². The van der Waals surface area contributed by atoms with Crippen molar-refractivity contribution in [2.24, 2.45) is 0 Å². The van der Waals surface area contributed by atoms with Crippen LogP contribution >= 0.6 is 0 Å². The van der Waals surface area contributed by atoms with Crippen molar-refractivity contribution >= 4 is 24.0 Å².